The van der Waals surface area contributed by atoms with Crippen LogP contribution in [0.2, 0.25) is 0 Å². The monoisotopic (exact) mass is 250 g/mol. The van der Waals surface area contributed by atoms with Crippen molar-refractivity contribution in [2.24, 2.45) is 0 Å². The molecule has 0 atom stereocenters. The van der Waals surface area contributed by atoms with Crippen molar-refractivity contribution in [2.45, 2.75) is 12.8 Å². The van der Waals surface area contributed by atoms with Crippen molar-refractivity contribution in [3.8, 4) is 0 Å². The number of urea groups is 1. The van der Waals surface area contributed by atoms with Crippen molar-refractivity contribution in [1.29, 1.82) is 0 Å². The number of benzene rings is 1. The molecule has 18 heavy (non-hydrogen) atoms. The number of carbonyl (C=O) groups excluding carboxylic acids is 2. The zero-order valence-corrected chi connectivity index (χ0v) is 9.92. The van der Waals surface area contributed by atoms with E-state index in [0.29, 0.717) is 5.69 Å². The van der Waals surface area contributed by atoms with Crippen LogP contribution in [-0.2, 0) is 9.59 Å². The summed E-state index contributed by atoms with van der Waals surface area (Å²) in [4.78, 5) is 34.5. The molecular weight excluding hydrogens is 236 g/mol. The molecular formula is C12H14N2O4. The third-order valence-electron chi connectivity index (χ3n) is 2.26. The quantitative estimate of drug-likeness (QED) is 0.841. The molecule has 0 aliphatic rings. The van der Waals surface area contributed by atoms with Crippen LogP contribution in [0.15, 0.2) is 30.3 Å². The van der Waals surface area contributed by atoms with E-state index in [0.717, 1.165) is 0 Å². The van der Waals surface area contributed by atoms with Gasteiger partial charge in [0.15, 0.2) is 0 Å². The van der Waals surface area contributed by atoms with Gasteiger partial charge in [0.05, 0.1) is 6.42 Å². The van der Waals surface area contributed by atoms with Crippen molar-refractivity contribution in [2.75, 3.05) is 11.9 Å². The predicted octanol–water partition coefficient (Wildman–Crippen LogP) is 1.22. The lowest BCUT2D eigenvalue weighted by molar-refractivity contribution is -0.138. The topological polar surface area (TPSA) is 86.7 Å². The molecule has 0 saturated carbocycles. The fourth-order valence-corrected chi connectivity index (χ4v) is 1.25. The van der Waals surface area contributed by atoms with Gasteiger partial charge in [-0.2, -0.15) is 0 Å². The van der Waals surface area contributed by atoms with Crippen LogP contribution >= 0.6 is 0 Å². The number of carboxylic acid groups (broad SMARTS) is 1. The van der Waals surface area contributed by atoms with Crippen LogP contribution < -0.4 is 10.2 Å². The Morgan fingerprint density at radius 2 is 1.78 bits per heavy atom. The highest BCUT2D eigenvalue weighted by molar-refractivity contribution is 6.02. The Morgan fingerprint density at radius 3 is 2.33 bits per heavy atom. The molecule has 1 aromatic rings. The molecule has 0 aliphatic heterocycles. The largest absolute Gasteiger partial charge is 0.481 e. The summed E-state index contributed by atoms with van der Waals surface area (Å²) < 4.78 is 0. The molecule has 1 aromatic carbocycles. The van der Waals surface area contributed by atoms with Crippen LogP contribution in [0.4, 0.5) is 10.5 Å². The summed E-state index contributed by atoms with van der Waals surface area (Å²) in [5.41, 5.74) is 0.640. The van der Waals surface area contributed by atoms with Gasteiger partial charge >= 0.3 is 12.0 Å². The van der Waals surface area contributed by atoms with Gasteiger partial charge in [0, 0.05) is 19.2 Å². The van der Waals surface area contributed by atoms with Crippen LogP contribution in [0.3, 0.4) is 0 Å². The van der Waals surface area contributed by atoms with Crippen LogP contribution in [0.25, 0.3) is 0 Å². The van der Waals surface area contributed by atoms with E-state index in [2.05, 4.69) is 5.32 Å². The van der Waals surface area contributed by atoms with E-state index < -0.39 is 17.9 Å². The summed E-state index contributed by atoms with van der Waals surface area (Å²) in [5, 5.41) is 10.5. The standard InChI is InChI=1S/C12H14N2O4/c1-14(9-5-3-2-4-6-9)12(18)13-10(15)7-8-11(16)17/h2-6H,7-8H2,1H3,(H,16,17)(H,13,15,18). The summed E-state index contributed by atoms with van der Waals surface area (Å²) in [6.07, 6.45) is -0.516. The number of aliphatic carboxylic acids is 1. The zero-order chi connectivity index (χ0) is 13.5. The molecule has 6 heteroatoms. The number of anilines is 1. The number of nitrogens with zero attached hydrogens (tertiary/aromatic N) is 1. The Labute approximate surface area is 104 Å². The van der Waals surface area contributed by atoms with Gasteiger partial charge in [-0.1, -0.05) is 18.2 Å². The number of amides is 3. The van der Waals surface area contributed by atoms with Gasteiger partial charge in [-0.25, -0.2) is 4.79 Å². The van der Waals surface area contributed by atoms with E-state index >= 15 is 0 Å². The Kier molecular flexibility index (Phi) is 4.86. The second-order valence-electron chi connectivity index (χ2n) is 3.64. The van der Waals surface area contributed by atoms with Gasteiger partial charge in [-0.3, -0.25) is 19.8 Å². The minimum atomic E-state index is -1.07. The SMILES string of the molecule is CN(C(=O)NC(=O)CCC(=O)O)c1ccccc1. The molecule has 2 N–H and O–H groups in total. The van der Waals surface area contributed by atoms with Crippen molar-refractivity contribution < 1.29 is 19.5 Å². The number of hydrogen-bond acceptors (Lipinski definition) is 3. The normalized spacial score (nSPS) is 9.61. The highest BCUT2D eigenvalue weighted by Gasteiger charge is 2.14. The van der Waals surface area contributed by atoms with Gasteiger partial charge in [0.25, 0.3) is 0 Å². The third-order valence-corrected chi connectivity index (χ3v) is 2.26. The van der Waals surface area contributed by atoms with Gasteiger partial charge in [0.2, 0.25) is 5.91 Å². The smallest absolute Gasteiger partial charge is 0.328 e. The van der Waals surface area contributed by atoms with Crippen molar-refractivity contribution in [3.05, 3.63) is 30.3 Å². The van der Waals surface area contributed by atoms with E-state index in [1.807, 2.05) is 6.07 Å². The third kappa shape index (κ3) is 4.25. The first kappa shape index (κ1) is 13.7. The highest BCUT2D eigenvalue weighted by atomic mass is 16.4. The molecule has 0 heterocycles. The maximum absolute atomic E-state index is 11.6. The first-order valence-electron chi connectivity index (χ1n) is 5.35. The van der Waals surface area contributed by atoms with Crippen LogP contribution in [0.5, 0.6) is 0 Å². The Morgan fingerprint density at radius 1 is 1.17 bits per heavy atom. The first-order chi connectivity index (χ1) is 8.50. The van der Waals surface area contributed by atoms with Crippen molar-refractivity contribution in [1.82, 2.24) is 5.32 Å². The molecule has 0 spiro atoms. The minimum Gasteiger partial charge on any atom is -0.481 e. The van der Waals surface area contributed by atoms with Gasteiger partial charge in [-0.15, -0.1) is 0 Å². The molecule has 96 valence electrons. The number of hydrogen-bond donors (Lipinski definition) is 2. The molecule has 0 bridgehead atoms. The summed E-state index contributed by atoms with van der Waals surface area (Å²) in [6, 6.07) is 8.21. The summed E-state index contributed by atoms with van der Waals surface area (Å²) in [7, 11) is 1.52. The number of para-hydroxylation sites is 1. The predicted molar refractivity (Wildman–Crippen MR) is 65.3 cm³/mol. The van der Waals surface area contributed by atoms with E-state index in [9.17, 15) is 14.4 Å². The lowest BCUT2D eigenvalue weighted by Gasteiger charge is -2.17. The number of imide groups is 1. The molecule has 1 rings (SSSR count). The van der Waals surface area contributed by atoms with Crippen molar-refractivity contribution >= 4 is 23.6 Å². The van der Waals surface area contributed by atoms with E-state index in [1.54, 1.807) is 24.3 Å². The van der Waals surface area contributed by atoms with Crippen LogP contribution in [-0.4, -0.2) is 30.1 Å². The average Bonchev–Trinajstić information content (AvgIpc) is 2.36. The molecule has 0 fully saturated rings. The highest BCUT2D eigenvalue weighted by Crippen LogP contribution is 2.10. The number of carbonyl (C=O) groups is 3. The van der Waals surface area contributed by atoms with E-state index in [-0.39, 0.29) is 12.8 Å². The van der Waals surface area contributed by atoms with E-state index in [1.165, 1.54) is 11.9 Å². The summed E-state index contributed by atoms with van der Waals surface area (Å²) >= 11 is 0. The number of rotatable bonds is 4. The fraction of sp³-hybridized carbons (Fsp3) is 0.250. The van der Waals surface area contributed by atoms with Crippen LogP contribution in [0.1, 0.15) is 12.8 Å². The molecule has 6 nitrogen and oxygen atoms in total. The Bertz CT molecular complexity index is 445. The Balaban J connectivity index is 2.50. The molecule has 0 saturated heterocycles. The maximum Gasteiger partial charge on any atom is 0.328 e. The molecule has 0 radical (unpaired) electrons. The maximum atomic E-state index is 11.6. The van der Waals surface area contributed by atoms with Gasteiger partial charge in [0.1, 0.15) is 0 Å². The number of carboxylic acids is 1. The second-order valence-corrected chi connectivity index (χ2v) is 3.64. The Hall–Kier alpha value is -2.37. The van der Waals surface area contributed by atoms with Crippen molar-refractivity contribution in [3.63, 3.8) is 0 Å². The van der Waals surface area contributed by atoms with E-state index in [4.69, 9.17) is 5.11 Å². The van der Waals surface area contributed by atoms with Crippen LogP contribution in [0, 0.1) is 0 Å². The summed E-state index contributed by atoms with van der Waals surface area (Å²) in [5.74, 6) is -1.68. The second kappa shape index (κ2) is 6.39. The summed E-state index contributed by atoms with van der Waals surface area (Å²) in [6.45, 7) is 0. The average molecular weight is 250 g/mol. The molecule has 0 aliphatic carbocycles. The lowest BCUT2D eigenvalue weighted by Crippen LogP contribution is -2.40. The minimum absolute atomic E-state index is 0.219. The molecule has 0 aromatic heterocycles. The fourth-order valence-electron chi connectivity index (χ4n) is 1.25. The first-order valence-corrected chi connectivity index (χ1v) is 5.35. The lowest BCUT2D eigenvalue weighted by atomic mass is 10.3. The molecule has 3 amide bonds. The number of nitrogens with one attached hydrogen (secondary N) is 1. The van der Waals surface area contributed by atoms with Gasteiger partial charge < -0.3 is 5.11 Å². The molecule has 0 unspecified atom stereocenters. The van der Waals surface area contributed by atoms with Gasteiger partial charge in [-0.05, 0) is 12.1 Å². The zero-order valence-electron chi connectivity index (χ0n) is 9.92.